The maximum Gasteiger partial charge on any atom is 0.147 e. The molecule has 0 aromatic rings. The first-order valence-electron chi connectivity index (χ1n) is 5.14. The molecule has 2 heteroatoms. The molecule has 0 aliphatic heterocycles. The zero-order valence-electron chi connectivity index (χ0n) is 9.79. The molecular weight excluding hydrogens is 162 g/mol. The molecule has 0 saturated heterocycles. The lowest BCUT2D eigenvalue weighted by molar-refractivity contribution is -0.123. The SMILES string of the molecule is CCC(C)N(C)C(C(C)=O)C(C)C. The van der Waals surface area contributed by atoms with Gasteiger partial charge in [0.1, 0.15) is 5.78 Å². The second-order valence-corrected chi connectivity index (χ2v) is 4.22. The third-order valence-corrected chi connectivity index (χ3v) is 2.77. The van der Waals surface area contributed by atoms with Crippen molar-refractivity contribution in [3.8, 4) is 0 Å². The summed E-state index contributed by atoms with van der Waals surface area (Å²) in [6, 6.07) is 0.561. The molecule has 0 aliphatic carbocycles. The summed E-state index contributed by atoms with van der Waals surface area (Å²) in [5.41, 5.74) is 0. The van der Waals surface area contributed by atoms with Crippen LogP contribution in [0.15, 0.2) is 0 Å². The number of Topliss-reactive ketones (excluding diaryl/α,β-unsaturated/α-hetero) is 1. The molecule has 0 radical (unpaired) electrons. The van der Waals surface area contributed by atoms with Gasteiger partial charge < -0.3 is 0 Å². The zero-order valence-corrected chi connectivity index (χ0v) is 9.79. The van der Waals surface area contributed by atoms with Crippen LogP contribution in [0.1, 0.15) is 41.0 Å². The number of likely N-dealkylation sites (N-methyl/N-ethyl adjacent to an activating group) is 1. The highest BCUT2D eigenvalue weighted by Gasteiger charge is 2.25. The van der Waals surface area contributed by atoms with E-state index in [0.29, 0.717) is 12.0 Å². The van der Waals surface area contributed by atoms with Crippen LogP contribution in [0.2, 0.25) is 0 Å². The fourth-order valence-corrected chi connectivity index (χ4v) is 1.79. The average Bonchev–Trinajstić information content (AvgIpc) is 2.01. The highest BCUT2D eigenvalue weighted by atomic mass is 16.1. The van der Waals surface area contributed by atoms with Crippen LogP contribution in [0.4, 0.5) is 0 Å². The van der Waals surface area contributed by atoms with Gasteiger partial charge in [-0.2, -0.15) is 0 Å². The first-order chi connectivity index (χ1) is 5.91. The fraction of sp³-hybridized carbons (Fsp3) is 0.909. The maximum atomic E-state index is 11.4. The minimum absolute atomic E-state index is 0.0787. The molecule has 0 N–H and O–H groups in total. The summed E-state index contributed by atoms with van der Waals surface area (Å²) in [6.07, 6.45) is 1.09. The van der Waals surface area contributed by atoms with Gasteiger partial charge in [-0.3, -0.25) is 9.69 Å². The topological polar surface area (TPSA) is 20.3 Å². The molecule has 0 heterocycles. The monoisotopic (exact) mass is 185 g/mol. The third kappa shape index (κ3) is 3.47. The minimum Gasteiger partial charge on any atom is -0.298 e. The van der Waals surface area contributed by atoms with E-state index in [9.17, 15) is 4.79 Å². The number of hydrogen-bond acceptors (Lipinski definition) is 2. The van der Waals surface area contributed by atoms with Gasteiger partial charge in [0.2, 0.25) is 0 Å². The Morgan fingerprint density at radius 3 is 2.00 bits per heavy atom. The van der Waals surface area contributed by atoms with E-state index in [1.54, 1.807) is 6.92 Å². The lowest BCUT2D eigenvalue weighted by Gasteiger charge is -2.33. The van der Waals surface area contributed by atoms with E-state index in [-0.39, 0.29) is 11.8 Å². The molecule has 0 aromatic carbocycles. The Morgan fingerprint density at radius 1 is 1.31 bits per heavy atom. The summed E-state index contributed by atoms with van der Waals surface area (Å²) >= 11 is 0. The predicted octanol–water partition coefficient (Wildman–Crippen LogP) is 2.33. The van der Waals surface area contributed by atoms with Crippen LogP contribution < -0.4 is 0 Å². The summed E-state index contributed by atoms with van der Waals surface area (Å²) in [4.78, 5) is 13.6. The van der Waals surface area contributed by atoms with Crippen molar-refractivity contribution in [2.24, 2.45) is 5.92 Å². The summed E-state index contributed by atoms with van der Waals surface area (Å²) in [6.45, 7) is 10.2. The Balaban J connectivity index is 4.45. The Bertz CT molecular complexity index is 165. The second kappa shape index (κ2) is 5.38. The van der Waals surface area contributed by atoms with Crippen LogP contribution in [0.25, 0.3) is 0 Å². The van der Waals surface area contributed by atoms with E-state index in [0.717, 1.165) is 6.42 Å². The van der Waals surface area contributed by atoms with Gasteiger partial charge in [-0.25, -0.2) is 0 Å². The summed E-state index contributed by atoms with van der Waals surface area (Å²) in [5.74, 6) is 0.675. The van der Waals surface area contributed by atoms with Crippen LogP contribution >= 0.6 is 0 Å². The molecule has 0 aliphatic rings. The van der Waals surface area contributed by atoms with Crippen LogP contribution in [0, 0.1) is 5.92 Å². The smallest absolute Gasteiger partial charge is 0.147 e. The quantitative estimate of drug-likeness (QED) is 0.655. The van der Waals surface area contributed by atoms with Crippen molar-refractivity contribution in [1.82, 2.24) is 4.90 Å². The highest BCUT2D eigenvalue weighted by Crippen LogP contribution is 2.14. The zero-order chi connectivity index (χ0) is 10.6. The van der Waals surface area contributed by atoms with E-state index >= 15 is 0 Å². The summed E-state index contributed by atoms with van der Waals surface area (Å²) < 4.78 is 0. The van der Waals surface area contributed by atoms with Crippen LogP contribution in [0.5, 0.6) is 0 Å². The van der Waals surface area contributed by atoms with E-state index < -0.39 is 0 Å². The van der Waals surface area contributed by atoms with Crippen LogP contribution in [-0.2, 0) is 4.79 Å². The fourth-order valence-electron chi connectivity index (χ4n) is 1.79. The molecule has 2 atom stereocenters. The third-order valence-electron chi connectivity index (χ3n) is 2.77. The molecule has 2 nitrogen and oxygen atoms in total. The predicted molar refractivity (Wildman–Crippen MR) is 56.8 cm³/mol. The Hall–Kier alpha value is -0.370. The molecule has 0 fully saturated rings. The van der Waals surface area contributed by atoms with Crippen molar-refractivity contribution in [2.45, 2.75) is 53.1 Å². The Kier molecular flexibility index (Phi) is 5.23. The van der Waals surface area contributed by atoms with Gasteiger partial charge in [0, 0.05) is 6.04 Å². The molecule has 0 saturated carbocycles. The molecule has 0 spiro atoms. The largest absolute Gasteiger partial charge is 0.298 e. The van der Waals surface area contributed by atoms with Gasteiger partial charge in [0.15, 0.2) is 0 Å². The van der Waals surface area contributed by atoms with Crippen LogP contribution in [-0.4, -0.2) is 29.8 Å². The molecule has 0 aromatic heterocycles. The number of nitrogens with zero attached hydrogens (tertiary/aromatic N) is 1. The van der Waals surface area contributed by atoms with Crippen molar-refractivity contribution in [1.29, 1.82) is 0 Å². The average molecular weight is 185 g/mol. The normalized spacial score (nSPS) is 16.3. The Labute approximate surface area is 82.3 Å². The second-order valence-electron chi connectivity index (χ2n) is 4.22. The number of ketones is 1. The molecular formula is C11H23NO. The van der Waals surface area contributed by atoms with E-state index in [2.05, 4.69) is 32.6 Å². The number of rotatable bonds is 5. The standard InChI is InChI=1S/C11H23NO/c1-7-9(4)12(6)11(8(2)3)10(5)13/h8-9,11H,7H2,1-6H3. The van der Waals surface area contributed by atoms with Crippen molar-refractivity contribution in [3.63, 3.8) is 0 Å². The number of carbonyl (C=O) groups is 1. The van der Waals surface area contributed by atoms with Crippen molar-refractivity contribution < 1.29 is 4.79 Å². The van der Waals surface area contributed by atoms with Crippen LogP contribution in [0.3, 0.4) is 0 Å². The lowest BCUT2D eigenvalue weighted by Crippen LogP contribution is -2.45. The molecule has 78 valence electrons. The summed E-state index contributed by atoms with van der Waals surface area (Å²) in [5, 5.41) is 0. The highest BCUT2D eigenvalue weighted by molar-refractivity contribution is 5.81. The summed E-state index contributed by atoms with van der Waals surface area (Å²) in [7, 11) is 2.04. The first kappa shape index (κ1) is 12.6. The van der Waals surface area contributed by atoms with Crippen molar-refractivity contribution in [2.75, 3.05) is 7.05 Å². The Morgan fingerprint density at radius 2 is 1.77 bits per heavy atom. The van der Waals surface area contributed by atoms with Gasteiger partial charge in [0.25, 0.3) is 0 Å². The number of hydrogen-bond donors (Lipinski definition) is 0. The van der Waals surface area contributed by atoms with Gasteiger partial charge in [-0.1, -0.05) is 20.8 Å². The molecule has 2 unspecified atom stereocenters. The van der Waals surface area contributed by atoms with Gasteiger partial charge in [-0.15, -0.1) is 0 Å². The van der Waals surface area contributed by atoms with E-state index in [1.165, 1.54) is 0 Å². The molecule has 0 amide bonds. The van der Waals surface area contributed by atoms with E-state index in [1.807, 2.05) is 7.05 Å². The molecule has 0 bridgehead atoms. The number of carbonyl (C=O) groups excluding carboxylic acids is 1. The van der Waals surface area contributed by atoms with Gasteiger partial charge in [-0.05, 0) is 33.2 Å². The van der Waals surface area contributed by atoms with Crippen molar-refractivity contribution >= 4 is 5.78 Å². The van der Waals surface area contributed by atoms with Crippen molar-refractivity contribution in [3.05, 3.63) is 0 Å². The lowest BCUT2D eigenvalue weighted by atomic mass is 9.97. The molecule has 13 heavy (non-hydrogen) atoms. The van der Waals surface area contributed by atoms with E-state index in [4.69, 9.17) is 0 Å². The van der Waals surface area contributed by atoms with Gasteiger partial charge in [0.05, 0.1) is 6.04 Å². The molecule has 0 rings (SSSR count). The minimum atomic E-state index is 0.0787. The first-order valence-corrected chi connectivity index (χ1v) is 5.14. The maximum absolute atomic E-state index is 11.4. The van der Waals surface area contributed by atoms with Gasteiger partial charge >= 0.3 is 0 Å².